The Balaban J connectivity index is 1.96. The first-order chi connectivity index (χ1) is 14.0. The SMILES string of the molecule is CC(N)OC(=O)CC(O)(C(=O)O)c1c[nH]c2ccc(CS(=O)(=O)N3CCCC3)cc12. The molecule has 1 aliphatic rings. The molecule has 30 heavy (non-hydrogen) atoms. The van der Waals surface area contributed by atoms with Crippen molar-refractivity contribution in [3.8, 4) is 0 Å². The molecular formula is C19H25N3O7S. The molecule has 2 atom stereocenters. The van der Waals surface area contributed by atoms with Crippen molar-refractivity contribution in [2.24, 2.45) is 5.73 Å². The maximum atomic E-state index is 12.6. The van der Waals surface area contributed by atoms with Gasteiger partial charge in [0.1, 0.15) is 6.23 Å². The van der Waals surface area contributed by atoms with Crippen LogP contribution in [0, 0.1) is 0 Å². The average Bonchev–Trinajstić information content (AvgIpc) is 3.30. The second-order valence-corrected chi connectivity index (χ2v) is 9.45. The molecule has 1 saturated heterocycles. The van der Waals surface area contributed by atoms with Gasteiger partial charge in [-0.15, -0.1) is 0 Å². The number of nitrogens with two attached hydrogens (primary N) is 1. The molecular weight excluding hydrogens is 414 g/mol. The van der Waals surface area contributed by atoms with Crippen LogP contribution in [0.1, 0.15) is 37.3 Å². The number of aliphatic carboxylic acids is 1. The van der Waals surface area contributed by atoms with Crippen LogP contribution in [0.4, 0.5) is 0 Å². The number of nitrogens with one attached hydrogen (secondary N) is 1. The Morgan fingerprint density at radius 1 is 1.33 bits per heavy atom. The van der Waals surface area contributed by atoms with Gasteiger partial charge in [-0.2, -0.15) is 0 Å². The second-order valence-electron chi connectivity index (χ2n) is 7.48. The van der Waals surface area contributed by atoms with Crippen LogP contribution in [-0.4, -0.2) is 59.2 Å². The smallest absolute Gasteiger partial charge is 0.341 e. The van der Waals surface area contributed by atoms with Gasteiger partial charge in [-0.3, -0.25) is 10.5 Å². The molecule has 0 spiro atoms. The van der Waals surface area contributed by atoms with E-state index in [1.807, 2.05) is 0 Å². The third-order valence-electron chi connectivity index (χ3n) is 5.07. The second kappa shape index (κ2) is 8.34. The van der Waals surface area contributed by atoms with Crippen LogP contribution in [-0.2, 0) is 35.7 Å². The highest BCUT2D eigenvalue weighted by atomic mass is 32.2. The molecule has 10 nitrogen and oxygen atoms in total. The van der Waals surface area contributed by atoms with Crippen molar-refractivity contribution >= 4 is 32.9 Å². The number of aliphatic hydroxyl groups is 1. The molecule has 0 amide bonds. The molecule has 0 aliphatic carbocycles. The molecule has 1 aromatic carbocycles. The van der Waals surface area contributed by atoms with Gasteiger partial charge in [-0.05, 0) is 37.5 Å². The lowest BCUT2D eigenvalue weighted by atomic mass is 9.90. The summed E-state index contributed by atoms with van der Waals surface area (Å²) in [6, 6.07) is 4.75. The summed E-state index contributed by atoms with van der Waals surface area (Å²) in [7, 11) is -3.51. The molecule has 1 fully saturated rings. The number of sulfonamides is 1. The maximum absolute atomic E-state index is 12.6. The summed E-state index contributed by atoms with van der Waals surface area (Å²) < 4.78 is 31.4. The monoisotopic (exact) mass is 439 g/mol. The van der Waals surface area contributed by atoms with Gasteiger partial charge >= 0.3 is 11.9 Å². The van der Waals surface area contributed by atoms with E-state index >= 15 is 0 Å². The third-order valence-corrected chi connectivity index (χ3v) is 6.92. The number of esters is 1. The number of H-pyrrole nitrogens is 1. The molecule has 0 bridgehead atoms. The van der Waals surface area contributed by atoms with Crippen LogP contribution in [0.2, 0.25) is 0 Å². The quantitative estimate of drug-likeness (QED) is 0.343. The Morgan fingerprint density at radius 2 is 2.00 bits per heavy atom. The van der Waals surface area contributed by atoms with Crippen molar-refractivity contribution in [3.05, 3.63) is 35.5 Å². The molecule has 0 radical (unpaired) electrons. The molecule has 1 aromatic heterocycles. The predicted molar refractivity (Wildman–Crippen MR) is 108 cm³/mol. The van der Waals surface area contributed by atoms with E-state index in [0.717, 1.165) is 12.8 Å². The van der Waals surface area contributed by atoms with Crippen molar-refractivity contribution < 1.29 is 33.0 Å². The van der Waals surface area contributed by atoms with Crippen LogP contribution in [0.3, 0.4) is 0 Å². The standard InChI is InChI=1S/C19H25N3O7S/c1-12(20)29-17(23)9-19(26,18(24)25)15-10-21-16-5-4-13(8-14(15)16)11-30(27,28)22-6-2-3-7-22/h4-5,8,10,12,21,26H,2-3,6-7,9,11,20H2,1H3,(H,24,25). The van der Waals surface area contributed by atoms with Crippen molar-refractivity contribution in [1.29, 1.82) is 0 Å². The molecule has 2 unspecified atom stereocenters. The highest BCUT2D eigenvalue weighted by Crippen LogP contribution is 2.33. The zero-order valence-corrected chi connectivity index (χ0v) is 17.3. The van der Waals surface area contributed by atoms with Crippen molar-refractivity contribution in [2.45, 2.75) is 43.8 Å². The summed E-state index contributed by atoms with van der Waals surface area (Å²) in [4.78, 5) is 26.7. The van der Waals surface area contributed by atoms with Gasteiger partial charge in [0, 0.05) is 35.8 Å². The number of rotatable bonds is 8. The lowest BCUT2D eigenvalue weighted by Crippen LogP contribution is -2.39. The van der Waals surface area contributed by atoms with Crippen molar-refractivity contribution in [2.75, 3.05) is 13.1 Å². The van der Waals surface area contributed by atoms with Crippen LogP contribution >= 0.6 is 0 Å². The fraction of sp³-hybridized carbons (Fsp3) is 0.474. The van der Waals surface area contributed by atoms with E-state index in [0.29, 0.717) is 29.6 Å². The number of aromatic amines is 1. The Morgan fingerprint density at radius 3 is 2.60 bits per heavy atom. The molecule has 2 heterocycles. The Labute approximate surface area is 173 Å². The molecule has 3 rings (SSSR count). The molecule has 5 N–H and O–H groups in total. The topological polar surface area (TPSA) is 163 Å². The number of benzene rings is 1. The van der Waals surface area contributed by atoms with Gasteiger partial charge in [0.25, 0.3) is 0 Å². The fourth-order valence-electron chi connectivity index (χ4n) is 3.61. The van der Waals surface area contributed by atoms with Gasteiger partial charge in [0.15, 0.2) is 5.60 Å². The van der Waals surface area contributed by atoms with E-state index in [9.17, 15) is 28.2 Å². The lowest BCUT2D eigenvalue weighted by Gasteiger charge is -2.23. The predicted octanol–water partition coefficient (Wildman–Crippen LogP) is 0.604. The van der Waals surface area contributed by atoms with E-state index in [2.05, 4.69) is 4.98 Å². The van der Waals surface area contributed by atoms with E-state index in [1.165, 1.54) is 23.5 Å². The lowest BCUT2D eigenvalue weighted by molar-refractivity contribution is -0.170. The highest BCUT2D eigenvalue weighted by Gasteiger charge is 2.43. The first-order valence-corrected chi connectivity index (χ1v) is 11.1. The summed E-state index contributed by atoms with van der Waals surface area (Å²) in [5, 5.41) is 20.8. The van der Waals surface area contributed by atoms with Gasteiger partial charge in [0.2, 0.25) is 10.0 Å². The van der Waals surface area contributed by atoms with Crippen LogP contribution in [0.15, 0.2) is 24.4 Å². The summed E-state index contributed by atoms with van der Waals surface area (Å²) in [5.74, 6) is -2.86. The first-order valence-electron chi connectivity index (χ1n) is 9.52. The normalized spacial score (nSPS) is 18.2. The van der Waals surface area contributed by atoms with Crippen molar-refractivity contribution in [3.63, 3.8) is 0 Å². The highest BCUT2D eigenvalue weighted by molar-refractivity contribution is 7.88. The number of ether oxygens (including phenoxy) is 1. The average molecular weight is 439 g/mol. The molecule has 0 saturated carbocycles. The summed E-state index contributed by atoms with van der Waals surface area (Å²) in [6.45, 7) is 2.37. The molecule has 164 valence electrons. The van der Waals surface area contributed by atoms with Crippen LogP contribution < -0.4 is 5.73 Å². The summed E-state index contributed by atoms with van der Waals surface area (Å²) >= 11 is 0. The number of fused-ring (bicyclic) bond motifs is 1. The minimum Gasteiger partial charge on any atom is -0.479 e. The number of hydrogen-bond acceptors (Lipinski definition) is 7. The minimum atomic E-state index is -3.51. The number of nitrogens with zero attached hydrogens (tertiary/aromatic N) is 1. The largest absolute Gasteiger partial charge is 0.479 e. The Bertz CT molecular complexity index is 1060. The fourth-order valence-corrected chi connectivity index (χ4v) is 5.21. The van der Waals surface area contributed by atoms with E-state index in [1.54, 1.807) is 12.1 Å². The van der Waals surface area contributed by atoms with Gasteiger partial charge in [0.05, 0.1) is 12.2 Å². The van der Waals surface area contributed by atoms with E-state index < -0.39 is 40.2 Å². The zero-order chi connectivity index (χ0) is 22.1. The van der Waals surface area contributed by atoms with Crippen LogP contribution in [0.25, 0.3) is 10.9 Å². The number of carbonyl (C=O) groups is 2. The van der Waals surface area contributed by atoms with Crippen LogP contribution in [0.5, 0.6) is 0 Å². The van der Waals surface area contributed by atoms with E-state index in [4.69, 9.17) is 10.5 Å². The zero-order valence-electron chi connectivity index (χ0n) is 16.5. The summed E-state index contributed by atoms with van der Waals surface area (Å²) in [6.07, 6.45) is 1.12. The summed E-state index contributed by atoms with van der Waals surface area (Å²) in [5.41, 5.74) is 3.69. The third kappa shape index (κ3) is 4.48. The number of carboxylic acids is 1. The van der Waals surface area contributed by atoms with E-state index in [-0.39, 0.29) is 11.3 Å². The first kappa shape index (κ1) is 22.2. The number of carboxylic acid groups (broad SMARTS) is 1. The Hall–Kier alpha value is -2.47. The van der Waals surface area contributed by atoms with Crippen molar-refractivity contribution in [1.82, 2.24) is 9.29 Å². The number of carbonyl (C=O) groups excluding carboxylic acids is 1. The number of aromatic nitrogens is 1. The maximum Gasteiger partial charge on any atom is 0.341 e. The van der Waals surface area contributed by atoms with Gasteiger partial charge < -0.3 is 19.9 Å². The van der Waals surface area contributed by atoms with Gasteiger partial charge in [-0.1, -0.05) is 6.07 Å². The number of hydrogen-bond donors (Lipinski definition) is 4. The molecule has 2 aromatic rings. The molecule has 1 aliphatic heterocycles. The molecule has 11 heteroatoms. The minimum absolute atomic E-state index is 0.0629. The van der Waals surface area contributed by atoms with Gasteiger partial charge in [-0.25, -0.2) is 17.5 Å². The Kier molecular flexibility index (Phi) is 6.18.